The molecule has 2 N–H and O–H groups in total. The quantitative estimate of drug-likeness (QED) is 0.908. The summed E-state index contributed by atoms with van der Waals surface area (Å²) in [5, 5.41) is 16.9. The molecule has 122 valence electrons. The predicted octanol–water partition coefficient (Wildman–Crippen LogP) is 2.21. The van der Waals surface area contributed by atoms with E-state index < -0.39 is 0 Å². The first-order chi connectivity index (χ1) is 11.0. The fourth-order valence-corrected chi connectivity index (χ4v) is 3.00. The molecular formula is C17H20FN3O2. The lowest BCUT2D eigenvalue weighted by molar-refractivity contribution is 0.0911. The summed E-state index contributed by atoms with van der Waals surface area (Å²) in [4.78, 5) is 12.2. The highest BCUT2D eigenvalue weighted by Crippen LogP contribution is 2.24. The van der Waals surface area contributed by atoms with Crippen molar-refractivity contribution in [3.8, 4) is 5.69 Å². The Morgan fingerprint density at radius 1 is 1.39 bits per heavy atom. The topological polar surface area (TPSA) is 67.2 Å². The lowest BCUT2D eigenvalue weighted by Crippen LogP contribution is -2.32. The number of nitrogens with zero attached hydrogens (tertiary/aromatic N) is 2. The maximum Gasteiger partial charge on any atom is 0.271 e. The summed E-state index contributed by atoms with van der Waals surface area (Å²) >= 11 is 0. The Bertz CT molecular complexity index is 696. The van der Waals surface area contributed by atoms with Gasteiger partial charge in [-0.3, -0.25) is 4.79 Å². The van der Waals surface area contributed by atoms with Gasteiger partial charge in [-0.2, -0.15) is 5.10 Å². The first-order valence-electron chi connectivity index (χ1n) is 7.83. The minimum atomic E-state index is -0.325. The number of aliphatic hydroxyl groups excluding tert-OH is 1. The molecule has 0 saturated heterocycles. The van der Waals surface area contributed by atoms with Crippen LogP contribution in [-0.2, 0) is 0 Å². The van der Waals surface area contributed by atoms with Gasteiger partial charge in [0.2, 0.25) is 0 Å². The molecule has 1 fully saturated rings. The minimum absolute atomic E-state index is 0.124. The van der Waals surface area contributed by atoms with E-state index in [4.69, 9.17) is 0 Å². The number of amides is 1. The van der Waals surface area contributed by atoms with E-state index in [1.807, 2.05) is 6.92 Å². The summed E-state index contributed by atoms with van der Waals surface area (Å²) in [6.45, 7) is 2.30. The maximum atomic E-state index is 13.0. The molecule has 23 heavy (non-hydrogen) atoms. The molecule has 3 rings (SSSR count). The van der Waals surface area contributed by atoms with Gasteiger partial charge >= 0.3 is 0 Å². The molecule has 0 bridgehead atoms. The molecule has 1 aliphatic rings. The number of benzene rings is 1. The number of aryl methyl sites for hydroxylation is 1. The van der Waals surface area contributed by atoms with Crippen LogP contribution in [0.15, 0.2) is 30.3 Å². The maximum absolute atomic E-state index is 13.0. The zero-order valence-corrected chi connectivity index (χ0v) is 13.0. The fourth-order valence-electron chi connectivity index (χ4n) is 3.00. The highest BCUT2D eigenvalue weighted by Gasteiger charge is 2.25. The van der Waals surface area contributed by atoms with Crippen molar-refractivity contribution in [1.29, 1.82) is 0 Å². The molecule has 0 radical (unpaired) electrons. The minimum Gasteiger partial charge on any atom is -0.393 e. The fraction of sp³-hybridized carbons (Fsp3) is 0.412. The third kappa shape index (κ3) is 3.42. The molecule has 0 spiro atoms. The average molecular weight is 317 g/mol. The van der Waals surface area contributed by atoms with Crippen LogP contribution < -0.4 is 5.32 Å². The van der Waals surface area contributed by atoms with E-state index in [0.29, 0.717) is 17.9 Å². The van der Waals surface area contributed by atoms with Crippen LogP contribution in [0.1, 0.15) is 35.4 Å². The van der Waals surface area contributed by atoms with E-state index in [9.17, 15) is 14.3 Å². The first kappa shape index (κ1) is 15.7. The van der Waals surface area contributed by atoms with E-state index in [1.165, 1.54) is 12.1 Å². The number of aromatic nitrogens is 2. The highest BCUT2D eigenvalue weighted by atomic mass is 19.1. The Hall–Kier alpha value is -2.21. The molecule has 1 saturated carbocycles. The van der Waals surface area contributed by atoms with Crippen LogP contribution >= 0.6 is 0 Å². The molecule has 6 heteroatoms. The van der Waals surface area contributed by atoms with Crippen molar-refractivity contribution in [2.75, 3.05) is 6.54 Å². The van der Waals surface area contributed by atoms with Gasteiger partial charge < -0.3 is 10.4 Å². The second-order valence-electron chi connectivity index (χ2n) is 6.03. The number of halogens is 1. The summed E-state index contributed by atoms with van der Waals surface area (Å²) in [7, 11) is 0. The second kappa shape index (κ2) is 6.50. The van der Waals surface area contributed by atoms with Crippen molar-refractivity contribution >= 4 is 5.91 Å². The number of aliphatic hydroxyl groups is 1. The van der Waals surface area contributed by atoms with E-state index in [0.717, 1.165) is 25.0 Å². The highest BCUT2D eigenvalue weighted by molar-refractivity contribution is 5.92. The molecule has 2 atom stereocenters. The van der Waals surface area contributed by atoms with Crippen molar-refractivity contribution in [2.24, 2.45) is 5.92 Å². The van der Waals surface area contributed by atoms with Gasteiger partial charge in [-0.05, 0) is 50.1 Å². The molecule has 1 heterocycles. The Kier molecular flexibility index (Phi) is 4.43. The lowest BCUT2D eigenvalue weighted by Gasteiger charge is -2.14. The molecule has 1 aliphatic carbocycles. The molecule has 1 amide bonds. The standard InChI is InChI=1S/C17H20FN3O2/c1-11-9-15(17(23)19-10-12-3-2-4-16(12)22)20-21(11)14-7-5-13(18)6-8-14/h5-9,12,16,22H,2-4,10H2,1H3,(H,19,23). The number of rotatable bonds is 4. The largest absolute Gasteiger partial charge is 0.393 e. The summed E-state index contributed by atoms with van der Waals surface area (Å²) < 4.78 is 14.6. The van der Waals surface area contributed by atoms with Gasteiger partial charge in [0, 0.05) is 18.2 Å². The third-order valence-electron chi connectivity index (χ3n) is 4.34. The summed E-state index contributed by atoms with van der Waals surface area (Å²) in [6.07, 6.45) is 2.41. The predicted molar refractivity (Wildman–Crippen MR) is 83.9 cm³/mol. The molecule has 2 unspecified atom stereocenters. The molecule has 1 aromatic heterocycles. The number of hydrogen-bond acceptors (Lipinski definition) is 3. The van der Waals surface area contributed by atoms with Crippen LogP contribution in [0.25, 0.3) is 5.69 Å². The number of nitrogens with one attached hydrogen (secondary N) is 1. The zero-order chi connectivity index (χ0) is 16.4. The Morgan fingerprint density at radius 3 is 2.78 bits per heavy atom. The van der Waals surface area contributed by atoms with Crippen LogP contribution in [0.3, 0.4) is 0 Å². The molecule has 2 aromatic rings. The summed E-state index contributed by atoms with van der Waals surface area (Å²) in [6, 6.07) is 7.65. The van der Waals surface area contributed by atoms with Gasteiger partial charge in [0.25, 0.3) is 5.91 Å². The number of carbonyl (C=O) groups excluding carboxylic acids is 1. The molecular weight excluding hydrogens is 297 g/mol. The van der Waals surface area contributed by atoms with Crippen LogP contribution in [0.5, 0.6) is 0 Å². The normalized spacial score (nSPS) is 20.7. The molecule has 0 aliphatic heterocycles. The number of hydrogen-bond donors (Lipinski definition) is 2. The van der Waals surface area contributed by atoms with E-state index in [-0.39, 0.29) is 23.7 Å². The van der Waals surface area contributed by atoms with E-state index in [2.05, 4.69) is 10.4 Å². The van der Waals surface area contributed by atoms with E-state index >= 15 is 0 Å². The van der Waals surface area contributed by atoms with Crippen molar-refractivity contribution in [3.05, 3.63) is 47.5 Å². The first-order valence-corrected chi connectivity index (χ1v) is 7.83. The SMILES string of the molecule is Cc1cc(C(=O)NCC2CCCC2O)nn1-c1ccc(F)cc1. The zero-order valence-electron chi connectivity index (χ0n) is 13.0. The van der Waals surface area contributed by atoms with Gasteiger partial charge in [-0.25, -0.2) is 9.07 Å². The van der Waals surface area contributed by atoms with Gasteiger partial charge in [-0.1, -0.05) is 6.42 Å². The Labute approximate surface area is 134 Å². The monoisotopic (exact) mass is 317 g/mol. The Morgan fingerprint density at radius 2 is 2.13 bits per heavy atom. The van der Waals surface area contributed by atoms with Gasteiger partial charge in [0.1, 0.15) is 5.82 Å². The van der Waals surface area contributed by atoms with Crippen LogP contribution in [0.4, 0.5) is 4.39 Å². The number of carbonyl (C=O) groups is 1. The molecule has 5 nitrogen and oxygen atoms in total. The van der Waals surface area contributed by atoms with Crippen LogP contribution in [0, 0.1) is 18.7 Å². The van der Waals surface area contributed by atoms with Gasteiger partial charge in [0.15, 0.2) is 5.69 Å². The van der Waals surface area contributed by atoms with Gasteiger partial charge in [0.05, 0.1) is 11.8 Å². The Balaban J connectivity index is 1.69. The van der Waals surface area contributed by atoms with Crippen molar-refractivity contribution in [2.45, 2.75) is 32.3 Å². The van der Waals surface area contributed by atoms with E-state index in [1.54, 1.807) is 22.9 Å². The summed E-state index contributed by atoms with van der Waals surface area (Å²) in [5.74, 6) is -0.445. The van der Waals surface area contributed by atoms with Crippen LogP contribution in [-0.4, -0.2) is 33.4 Å². The molecule has 1 aromatic carbocycles. The van der Waals surface area contributed by atoms with Crippen LogP contribution in [0.2, 0.25) is 0 Å². The van der Waals surface area contributed by atoms with Crippen molar-refractivity contribution in [3.63, 3.8) is 0 Å². The second-order valence-corrected chi connectivity index (χ2v) is 6.03. The average Bonchev–Trinajstić information content (AvgIpc) is 3.12. The third-order valence-corrected chi connectivity index (χ3v) is 4.34. The van der Waals surface area contributed by atoms with Gasteiger partial charge in [-0.15, -0.1) is 0 Å². The summed E-state index contributed by atoms with van der Waals surface area (Å²) in [5.41, 5.74) is 1.82. The van der Waals surface area contributed by atoms with Crippen molar-refractivity contribution in [1.82, 2.24) is 15.1 Å². The smallest absolute Gasteiger partial charge is 0.271 e. The lowest BCUT2D eigenvalue weighted by atomic mass is 10.1. The van der Waals surface area contributed by atoms with Crippen molar-refractivity contribution < 1.29 is 14.3 Å².